The molecule has 23 heavy (non-hydrogen) atoms. The van der Waals surface area contributed by atoms with E-state index in [9.17, 15) is 9.90 Å². The lowest BCUT2D eigenvalue weighted by Gasteiger charge is -2.20. The summed E-state index contributed by atoms with van der Waals surface area (Å²) in [4.78, 5) is 12.3. The molecule has 0 aliphatic carbocycles. The monoisotopic (exact) mass is 313 g/mol. The minimum atomic E-state index is -0.641. The molecule has 5 nitrogen and oxygen atoms in total. The molecule has 0 saturated heterocycles. The summed E-state index contributed by atoms with van der Waals surface area (Å²) in [6.45, 7) is 1.08. The maximum atomic E-state index is 12.3. The Kier molecular flexibility index (Phi) is 4.78. The first-order chi connectivity index (χ1) is 11.2. The van der Waals surface area contributed by atoms with E-state index in [-0.39, 0.29) is 12.5 Å². The van der Waals surface area contributed by atoms with E-state index >= 15 is 0 Å². The highest BCUT2D eigenvalue weighted by Gasteiger charge is 2.20. The molecule has 1 aliphatic rings. The summed E-state index contributed by atoms with van der Waals surface area (Å²) >= 11 is 0. The molecular formula is C18H19NO4. The third-order valence-corrected chi connectivity index (χ3v) is 3.62. The Morgan fingerprint density at radius 3 is 2.70 bits per heavy atom. The number of hydrogen-bond donors (Lipinski definition) is 2. The standard InChI is InChI=1S/C18H19NO4/c20-14(11-13-5-2-1-3-6-13)12-19-18(21)15-7-4-8-16-17(15)23-10-9-22-16/h1-8,14,20H,9-12H2,(H,19,21). The number of carbonyl (C=O) groups excluding carboxylic acids is 1. The van der Waals surface area contributed by atoms with Crippen molar-refractivity contribution in [3.63, 3.8) is 0 Å². The first-order valence-corrected chi connectivity index (χ1v) is 7.63. The average molecular weight is 313 g/mol. The summed E-state index contributed by atoms with van der Waals surface area (Å²) in [6.07, 6.45) is -0.147. The van der Waals surface area contributed by atoms with E-state index in [1.54, 1.807) is 18.2 Å². The van der Waals surface area contributed by atoms with Crippen molar-refractivity contribution in [2.75, 3.05) is 19.8 Å². The van der Waals surface area contributed by atoms with Crippen LogP contribution >= 0.6 is 0 Å². The molecule has 0 radical (unpaired) electrons. The fraction of sp³-hybridized carbons (Fsp3) is 0.278. The average Bonchev–Trinajstić information content (AvgIpc) is 2.60. The highest BCUT2D eigenvalue weighted by Crippen LogP contribution is 2.33. The summed E-state index contributed by atoms with van der Waals surface area (Å²) in [5, 5.41) is 12.8. The molecule has 2 aromatic carbocycles. The number of rotatable bonds is 5. The minimum Gasteiger partial charge on any atom is -0.486 e. The van der Waals surface area contributed by atoms with Crippen LogP contribution in [0.25, 0.3) is 0 Å². The number of aliphatic hydroxyl groups is 1. The van der Waals surface area contributed by atoms with E-state index in [0.29, 0.717) is 36.7 Å². The van der Waals surface area contributed by atoms with Crippen molar-refractivity contribution < 1.29 is 19.4 Å². The van der Waals surface area contributed by atoms with Crippen LogP contribution in [0, 0.1) is 0 Å². The Bertz CT molecular complexity index is 672. The molecule has 0 aromatic heterocycles. The van der Waals surface area contributed by atoms with Gasteiger partial charge in [-0.2, -0.15) is 0 Å². The molecule has 0 bridgehead atoms. The second-order valence-corrected chi connectivity index (χ2v) is 5.38. The van der Waals surface area contributed by atoms with Crippen molar-refractivity contribution in [1.82, 2.24) is 5.32 Å². The first-order valence-electron chi connectivity index (χ1n) is 7.63. The van der Waals surface area contributed by atoms with Gasteiger partial charge in [0.15, 0.2) is 11.5 Å². The van der Waals surface area contributed by atoms with E-state index in [1.165, 1.54) is 0 Å². The molecule has 3 rings (SSSR count). The van der Waals surface area contributed by atoms with Gasteiger partial charge in [-0.05, 0) is 17.7 Å². The van der Waals surface area contributed by atoms with Crippen LogP contribution in [0.3, 0.4) is 0 Å². The highest BCUT2D eigenvalue weighted by molar-refractivity contribution is 5.97. The molecule has 5 heteroatoms. The topological polar surface area (TPSA) is 67.8 Å². The quantitative estimate of drug-likeness (QED) is 0.883. The van der Waals surface area contributed by atoms with Gasteiger partial charge in [0, 0.05) is 13.0 Å². The van der Waals surface area contributed by atoms with Gasteiger partial charge in [0.25, 0.3) is 5.91 Å². The Balaban J connectivity index is 1.59. The molecule has 0 saturated carbocycles. The predicted octanol–water partition coefficient (Wildman–Crippen LogP) is 1.79. The van der Waals surface area contributed by atoms with Crippen molar-refractivity contribution in [3.8, 4) is 11.5 Å². The Morgan fingerprint density at radius 2 is 1.87 bits per heavy atom. The summed E-state index contributed by atoms with van der Waals surface area (Å²) < 4.78 is 11.0. The third kappa shape index (κ3) is 3.81. The number of benzene rings is 2. The van der Waals surface area contributed by atoms with Crippen LogP contribution in [0.15, 0.2) is 48.5 Å². The molecule has 0 fully saturated rings. The zero-order chi connectivity index (χ0) is 16.1. The molecule has 2 N–H and O–H groups in total. The minimum absolute atomic E-state index is 0.179. The van der Waals surface area contributed by atoms with Gasteiger partial charge in [0.2, 0.25) is 0 Å². The number of fused-ring (bicyclic) bond motifs is 1. The molecule has 1 unspecified atom stereocenters. The van der Waals surface area contributed by atoms with E-state index in [4.69, 9.17) is 9.47 Å². The van der Waals surface area contributed by atoms with Gasteiger partial charge < -0.3 is 19.9 Å². The lowest BCUT2D eigenvalue weighted by Crippen LogP contribution is -2.33. The molecule has 120 valence electrons. The fourth-order valence-electron chi connectivity index (χ4n) is 2.52. The van der Waals surface area contributed by atoms with Crippen LogP contribution in [-0.4, -0.2) is 36.9 Å². The number of amides is 1. The maximum absolute atomic E-state index is 12.3. The van der Waals surface area contributed by atoms with Gasteiger partial charge >= 0.3 is 0 Å². The fourth-order valence-corrected chi connectivity index (χ4v) is 2.52. The molecule has 1 amide bonds. The molecule has 0 spiro atoms. The Morgan fingerprint density at radius 1 is 1.09 bits per heavy atom. The number of aliphatic hydroxyl groups excluding tert-OH is 1. The molecule has 1 atom stereocenters. The van der Waals surface area contributed by atoms with Crippen molar-refractivity contribution in [2.45, 2.75) is 12.5 Å². The van der Waals surface area contributed by atoms with Crippen molar-refractivity contribution in [2.24, 2.45) is 0 Å². The van der Waals surface area contributed by atoms with Crippen molar-refractivity contribution >= 4 is 5.91 Å². The molecular weight excluding hydrogens is 294 g/mol. The van der Waals surface area contributed by atoms with E-state index < -0.39 is 6.10 Å². The largest absolute Gasteiger partial charge is 0.486 e. The molecule has 2 aromatic rings. The molecule has 1 aliphatic heterocycles. The van der Waals surface area contributed by atoms with Crippen LogP contribution in [-0.2, 0) is 6.42 Å². The Hall–Kier alpha value is -2.53. The van der Waals surface area contributed by atoms with Crippen LogP contribution in [0.4, 0.5) is 0 Å². The number of hydrogen-bond acceptors (Lipinski definition) is 4. The predicted molar refractivity (Wildman–Crippen MR) is 85.9 cm³/mol. The van der Waals surface area contributed by atoms with Gasteiger partial charge in [0.05, 0.1) is 11.7 Å². The van der Waals surface area contributed by atoms with Crippen LogP contribution < -0.4 is 14.8 Å². The first kappa shape index (κ1) is 15.4. The van der Waals surface area contributed by atoms with Gasteiger partial charge in [-0.1, -0.05) is 36.4 Å². The normalized spacial score (nSPS) is 14.1. The zero-order valence-electron chi connectivity index (χ0n) is 12.7. The number of carbonyl (C=O) groups is 1. The van der Waals surface area contributed by atoms with Gasteiger partial charge in [-0.15, -0.1) is 0 Å². The second kappa shape index (κ2) is 7.15. The van der Waals surface area contributed by atoms with Crippen molar-refractivity contribution in [3.05, 3.63) is 59.7 Å². The summed E-state index contributed by atoms with van der Waals surface area (Å²) in [5.74, 6) is 0.766. The zero-order valence-corrected chi connectivity index (χ0v) is 12.7. The van der Waals surface area contributed by atoms with Crippen LogP contribution in [0.1, 0.15) is 15.9 Å². The lowest BCUT2D eigenvalue weighted by molar-refractivity contribution is 0.0905. The van der Waals surface area contributed by atoms with Crippen molar-refractivity contribution in [1.29, 1.82) is 0 Å². The van der Waals surface area contributed by atoms with Gasteiger partial charge in [0.1, 0.15) is 13.2 Å². The van der Waals surface area contributed by atoms with Gasteiger partial charge in [-0.25, -0.2) is 0 Å². The summed E-state index contributed by atoms with van der Waals surface area (Å²) in [7, 11) is 0. The van der Waals surface area contributed by atoms with Crippen LogP contribution in [0.5, 0.6) is 11.5 Å². The second-order valence-electron chi connectivity index (χ2n) is 5.38. The number of nitrogens with one attached hydrogen (secondary N) is 1. The SMILES string of the molecule is O=C(NCC(O)Cc1ccccc1)c1cccc2c1OCCO2. The smallest absolute Gasteiger partial charge is 0.255 e. The summed E-state index contributed by atoms with van der Waals surface area (Å²) in [5.41, 5.74) is 1.46. The molecule has 1 heterocycles. The van der Waals surface area contributed by atoms with E-state index in [0.717, 1.165) is 5.56 Å². The number of para-hydroxylation sites is 1. The highest BCUT2D eigenvalue weighted by atomic mass is 16.6. The summed E-state index contributed by atoms with van der Waals surface area (Å²) in [6, 6.07) is 14.9. The maximum Gasteiger partial charge on any atom is 0.255 e. The number of ether oxygens (including phenoxy) is 2. The van der Waals surface area contributed by atoms with Crippen LogP contribution in [0.2, 0.25) is 0 Å². The van der Waals surface area contributed by atoms with E-state index in [2.05, 4.69) is 5.32 Å². The third-order valence-electron chi connectivity index (χ3n) is 3.62. The van der Waals surface area contributed by atoms with E-state index in [1.807, 2.05) is 30.3 Å². The Labute approximate surface area is 134 Å². The lowest BCUT2D eigenvalue weighted by atomic mass is 10.1. The van der Waals surface area contributed by atoms with Gasteiger partial charge in [-0.3, -0.25) is 4.79 Å².